The van der Waals surface area contributed by atoms with Crippen LogP contribution < -0.4 is 10.2 Å². The van der Waals surface area contributed by atoms with Crippen LogP contribution in [0.1, 0.15) is 27.8 Å². The maximum atomic E-state index is 12.9. The molecule has 0 saturated heterocycles. The highest BCUT2D eigenvalue weighted by Crippen LogP contribution is 2.36. The van der Waals surface area contributed by atoms with Crippen LogP contribution in [0.2, 0.25) is 0 Å². The Bertz CT molecular complexity index is 961. The van der Waals surface area contributed by atoms with Crippen molar-refractivity contribution in [3.63, 3.8) is 0 Å². The van der Waals surface area contributed by atoms with Crippen molar-refractivity contribution < 1.29 is 4.79 Å². The number of aromatic nitrogens is 1. The van der Waals surface area contributed by atoms with E-state index in [9.17, 15) is 4.79 Å². The Morgan fingerprint density at radius 1 is 1.00 bits per heavy atom. The van der Waals surface area contributed by atoms with Crippen LogP contribution in [-0.4, -0.2) is 10.9 Å². The van der Waals surface area contributed by atoms with Gasteiger partial charge in [0.05, 0.1) is 22.9 Å². The third kappa shape index (κ3) is 2.60. The van der Waals surface area contributed by atoms with Crippen molar-refractivity contribution in [3.05, 3.63) is 89.7 Å². The van der Waals surface area contributed by atoms with Gasteiger partial charge >= 0.3 is 0 Å². The van der Waals surface area contributed by atoms with Crippen LogP contribution >= 0.6 is 0 Å². The summed E-state index contributed by atoms with van der Waals surface area (Å²) in [7, 11) is 0. The largest absolute Gasteiger partial charge is 0.360 e. The number of nitrogens with zero attached hydrogens (tertiary/aromatic N) is 3. The molecular formula is C20H14N4O. The molecule has 4 rings (SSSR count). The van der Waals surface area contributed by atoms with E-state index < -0.39 is 6.17 Å². The fourth-order valence-electron chi connectivity index (χ4n) is 2.97. The summed E-state index contributed by atoms with van der Waals surface area (Å²) in [5.41, 5.74) is 3.50. The quantitative estimate of drug-likeness (QED) is 0.796. The molecule has 1 atom stereocenters. The molecular weight excluding hydrogens is 312 g/mol. The first-order chi connectivity index (χ1) is 12.3. The number of carbonyl (C=O) groups excluding carboxylic acids is 1. The Labute approximate surface area is 145 Å². The molecule has 5 heteroatoms. The van der Waals surface area contributed by atoms with E-state index in [2.05, 4.69) is 16.4 Å². The Balaban J connectivity index is 1.75. The maximum absolute atomic E-state index is 12.9. The van der Waals surface area contributed by atoms with Gasteiger partial charge in [-0.05, 0) is 48.5 Å². The van der Waals surface area contributed by atoms with Gasteiger partial charge in [-0.2, -0.15) is 5.26 Å². The van der Waals surface area contributed by atoms with E-state index in [0.717, 1.165) is 11.4 Å². The lowest BCUT2D eigenvalue weighted by atomic mass is 10.2. The van der Waals surface area contributed by atoms with E-state index in [1.54, 1.807) is 35.4 Å². The van der Waals surface area contributed by atoms with Gasteiger partial charge in [-0.15, -0.1) is 0 Å². The van der Waals surface area contributed by atoms with Gasteiger partial charge in [-0.25, -0.2) is 0 Å². The maximum Gasteiger partial charge on any atom is 0.262 e. The van der Waals surface area contributed by atoms with Gasteiger partial charge < -0.3 is 5.32 Å². The summed E-state index contributed by atoms with van der Waals surface area (Å²) < 4.78 is 0. The first-order valence-electron chi connectivity index (χ1n) is 7.88. The number of hydrogen-bond acceptors (Lipinski definition) is 4. The lowest BCUT2D eigenvalue weighted by Gasteiger charge is -2.26. The van der Waals surface area contributed by atoms with Crippen LogP contribution in [0, 0.1) is 11.3 Å². The normalized spacial score (nSPS) is 15.6. The molecule has 1 aliphatic heterocycles. The molecule has 0 radical (unpaired) electrons. The molecule has 0 fully saturated rings. The molecule has 3 aromatic rings. The lowest BCUT2D eigenvalue weighted by molar-refractivity contribution is 0.0993. The number of para-hydroxylation sites is 1. The number of carbonyl (C=O) groups is 1. The van der Waals surface area contributed by atoms with Crippen molar-refractivity contribution in [2.24, 2.45) is 0 Å². The standard InChI is InChI=1S/C20H14N4O/c21-13-14-8-10-15(11-9-14)23-19-18-17(7-4-12-22-18)20(25)24(19)16-5-2-1-3-6-16/h1-12,19,23H/t19-/m1/s1. The summed E-state index contributed by atoms with van der Waals surface area (Å²) in [6.45, 7) is 0. The monoisotopic (exact) mass is 326 g/mol. The van der Waals surface area contributed by atoms with Gasteiger partial charge in [0, 0.05) is 17.6 Å². The fourth-order valence-corrected chi connectivity index (χ4v) is 2.97. The number of hydrogen-bond donors (Lipinski definition) is 1. The molecule has 25 heavy (non-hydrogen) atoms. The van der Waals surface area contributed by atoms with Crippen LogP contribution in [0.15, 0.2) is 72.9 Å². The number of anilines is 2. The van der Waals surface area contributed by atoms with Crippen LogP contribution in [0.5, 0.6) is 0 Å². The highest BCUT2D eigenvalue weighted by molar-refractivity contribution is 6.11. The predicted octanol–water partition coefficient (Wildman–Crippen LogP) is 3.72. The molecule has 0 spiro atoms. The summed E-state index contributed by atoms with van der Waals surface area (Å²) in [6.07, 6.45) is 1.28. The minimum atomic E-state index is -0.404. The molecule has 0 unspecified atom stereocenters. The van der Waals surface area contributed by atoms with Crippen LogP contribution in [0.4, 0.5) is 11.4 Å². The Morgan fingerprint density at radius 3 is 2.48 bits per heavy atom. The molecule has 0 aliphatic carbocycles. The predicted molar refractivity (Wildman–Crippen MR) is 95.0 cm³/mol. The summed E-state index contributed by atoms with van der Waals surface area (Å²) in [5, 5.41) is 12.3. The molecule has 1 amide bonds. The van der Waals surface area contributed by atoms with E-state index >= 15 is 0 Å². The van der Waals surface area contributed by atoms with Crippen molar-refractivity contribution in [1.82, 2.24) is 4.98 Å². The second kappa shape index (κ2) is 6.10. The number of pyridine rings is 1. The molecule has 0 saturated carbocycles. The molecule has 1 aliphatic rings. The molecule has 2 heterocycles. The van der Waals surface area contributed by atoms with E-state index in [1.807, 2.05) is 42.5 Å². The van der Waals surface area contributed by atoms with Crippen molar-refractivity contribution in [1.29, 1.82) is 5.26 Å². The summed E-state index contributed by atoms with van der Waals surface area (Å²) in [5.74, 6) is -0.0829. The number of benzene rings is 2. The Morgan fingerprint density at radius 2 is 1.76 bits per heavy atom. The Kier molecular flexibility index (Phi) is 3.64. The average molecular weight is 326 g/mol. The van der Waals surface area contributed by atoms with Gasteiger partial charge in [-0.3, -0.25) is 14.7 Å². The van der Waals surface area contributed by atoms with Crippen LogP contribution in [0.25, 0.3) is 0 Å². The van der Waals surface area contributed by atoms with Crippen LogP contribution in [0.3, 0.4) is 0 Å². The molecule has 1 aromatic heterocycles. The molecule has 5 nitrogen and oxygen atoms in total. The van der Waals surface area contributed by atoms with E-state index in [-0.39, 0.29) is 5.91 Å². The summed E-state index contributed by atoms with van der Waals surface area (Å²) in [4.78, 5) is 19.0. The van der Waals surface area contributed by atoms with Gasteiger partial charge in [0.2, 0.25) is 0 Å². The fraction of sp³-hybridized carbons (Fsp3) is 0.0500. The first kappa shape index (κ1) is 14.9. The van der Waals surface area contributed by atoms with Gasteiger partial charge in [0.1, 0.15) is 0 Å². The second-order valence-electron chi connectivity index (χ2n) is 5.68. The zero-order chi connectivity index (χ0) is 17.2. The second-order valence-corrected chi connectivity index (χ2v) is 5.68. The summed E-state index contributed by atoms with van der Waals surface area (Å²) in [6, 6.07) is 22.3. The van der Waals surface area contributed by atoms with Gasteiger partial charge in [0.25, 0.3) is 5.91 Å². The van der Waals surface area contributed by atoms with E-state index in [1.165, 1.54) is 0 Å². The van der Waals surface area contributed by atoms with Gasteiger partial charge in [-0.1, -0.05) is 18.2 Å². The highest BCUT2D eigenvalue weighted by atomic mass is 16.2. The molecule has 120 valence electrons. The van der Waals surface area contributed by atoms with E-state index in [0.29, 0.717) is 16.8 Å². The number of amides is 1. The zero-order valence-corrected chi connectivity index (χ0v) is 13.3. The topological polar surface area (TPSA) is 69.0 Å². The first-order valence-corrected chi connectivity index (χ1v) is 7.88. The highest BCUT2D eigenvalue weighted by Gasteiger charge is 2.38. The number of fused-ring (bicyclic) bond motifs is 1. The van der Waals surface area contributed by atoms with Crippen molar-refractivity contribution >= 4 is 17.3 Å². The SMILES string of the molecule is N#Cc1ccc(N[C@H]2c3ncccc3C(=O)N2c2ccccc2)cc1. The third-order valence-electron chi connectivity index (χ3n) is 4.16. The van der Waals surface area contributed by atoms with Crippen LogP contribution in [-0.2, 0) is 0 Å². The van der Waals surface area contributed by atoms with Crippen molar-refractivity contribution in [2.75, 3.05) is 10.2 Å². The molecule has 2 aromatic carbocycles. The molecule has 1 N–H and O–H groups in total. The van der Waals surface area contributed by atoms with Crippen molar-refractivity contribution in [2.45, 2.75) is 6.17 Å². The minimum absolute atomic E-state index is 0.0829. The zero-order valence-electron chi connectivity index (χ0n) is 13.3. The van der Waals surface area contributed by atoms with Crippen molar-refractivity contribution in [3.8, 4) is 6.07 Å². The van der Waals surface area contributed by atoms with Gasteiger partial charge in [0.15, 0.2) is 6.17 Å². The third-order valence-corrected chi connectivity index (χ3v) is 4.16. The van der Waals surface area contributed by atoms with E-state index in [4.69, 9.17) is 5.26 Å². The molecule has 0 bridgehead atoms. The summed E-state index contributed by atoms with van der Waals surface area (Å²) >= 11 is 0. The Hall–Kier alpha value is -3.65. The lowest BCUT2D eigenvalue weighted by Crippen LogP contribution is -2.32. The number of nitriles is 1. The minimum Gasteiger partial charge on any atom is -0.360 e. The number of rotatable bonds is 3. The smallest absolute Gasteiger partial charge is 0.262 e. The number of nitrogens with one attached hydrogen (secondary N) is 1. The average Bonchev–Trinajstić information content (AvgIpc) is 2.95.